The minimum absolute atomic E-state index is 0.00191. The molecule has 0 saturated carbocycles. The Kier molecular flexibility index (Phi) is 7.47. The van der Waals surface area contributed by atoms with Crippen molar-refractivity contribution in [2.45, 2.75) is 38.7 Å². The molecule has 0 aliphatic carbocycles. The summed E-state index contributed by atoms with van der Waals surface area (Å²) in [5, 5.41) is 3.20. The van der Waals surface area contributed by atoms with Crippen LogP contribution in [0.2, 0.25) is 0 Å². The molecule has 0 radical (unpaired) electrons. The lowest BCUT2D eigenvalue weighted by Gasteiger charge is -2.17. The summed E-state index contributed by atoms with van der Waals surface area (Å²) in [7, 11) is 0. The van der Waals surface area contributed by atoms with Crippen molar-refractivity contribution in [1.29, 1.82) is 0 Å². The molecule has 0 aliphatic rings. The maximum absolute atomic E-state index is 13.6. The summed E-state index contributed by atoms with van der Waals surface area (Å²) in [4.78, 5) is 11.3. The number of hydrogen-bond acceptors (Lipinski definition) is 4. The van der Waals surface area contributed by atoms with Crippen molar-refractivity contribution >= 4 is 24.5 Å². The molecule has 0 bridgehead atoms. The van der Waals surface area contributed by atoms with Crippen molar-refractivity contribution in [1.82, 2.24) is 5.32 Å². The number of halogens is 1. The second-order valence-electron chi connectivity index (χ2n) is 4.89. The quantitative estimate of drug-likeness (QED) is 0.439. The van der Waals surface area contributed by atoms with Crippen molar-refractivity contribution < 1.29 is 13.9 Å². The van der Waals surface area contributed by atoms with Gasteiger partial charge in [-0.05, 0) is 37.6 Å². The van der Waals surface area contributed by atoms with Gasteiger partial charge in [-0.1, -0.05) is 13.0 Å². The molecule has 1 rings (SSSR count). The zero-order valence-electron chi connectivity index (χ0n) is 12.6. The van der Waals surface area contributed by atoms with Gasteiger partial charge in [0.25, 0.3) is 0 Å². The van der Waals surface area contributed by atoms with E-state index in [1.807, 2.05) is 13.8 Å². The van der Waals surface area contributed by atoms with Gasteiger partial charge in [0.05, 0.1) is 0 Å². The van der Waals surface area contributed by atoms with Gasteiger partial charge in [-0.2, -0.15) is 12.6 Å². The monoisotopic (exact) mass is 311 g/mol. The van der Waals surface area contributed by atoms with E-state index in [2.05, 4.69) is 17.9 Å². The smallest absolute Gasteiger partial charge is 0.155 e. The molecule has 0 heterocycles. The number of thiol groups is 1. The van der Waals surface area contributed by atoms with Crippen LogP contribution < -0.4 is 10.1 Å². The number of hydrogen-bond donors (Lipinski definition) is 2. The topological polar surface area (TPSA) is 38.3 Å². The van der Waals surface area contributed by atoms with Crippen LogP contribution in [0.15, 0.2) is 24.3 Å². The van der Waals surface area contributed by atoms with Crippen LogP contribution in [-0.4, -0.2) is 23.8 Å². The van der Waals surface area contributed by atoms with Gasteiger partial charge in [0, 0.05) is 24.4 Å². The summed E-state index contributed by atoms with van der Waals surface area (Å²) in [6.07, 6.45) is 3.36. The number of carbonyl (C=O) groups excluding carboxylic acids is 1. The lowest BCUT2D eigenvalue weighted by atomic mass is 10.1. The molecule has 2 atom stereocenters. The highest BCUT2D eigenvalue weighted by Gasteiger charge is 2.07. The van der Waals surface area contributed by atoms with Gasteiger partial charge in [-0.3, -0.25) is 4.79 Å². The number of carbonyl (C=O) groups is 1. The van der Waals surface area contributed by atoms with Gasteiger partial charge in [0.15, 0.2) is 5.78 Å². The molecular weight excluding hydrogens is 289 g/mol. The van der Waals surface area contributed by atoms with Crippen LogP contribution in [0, 0.1) is 5.82 Å². The van der Waals surface area contributed by atoms with Gasteiger partial charge in [0.1, 0.15) is 17.7 Å². The normalized spacial score (nSPS) is 14.1. The van der Waals surface area contributed by atoms with Crippen LogP contribution in [0.5, 0.6) is 5.75 Å². The summed E-state index contributed by atoms with van der Waals surface area (Å²) in [5.74, 6) is 0.0561. The average molecular weight is 311 g/mol. The van der Waals surface area contributed by atoms with E-state index in [0.717, 1.165) is 0 Å². The molecule has 1 N–H and O–H groups in total. The largest absolute Gasteiger partial charge is 0.489 e. The Morgan fingerprint density at radius 3 is 2.76 bits per heavy atom. The number of allylic oxidation sites excluding steroid dienone is 1. The summed E-state index contributed by atoms with van der Waals surface area (Å²) in [6, 6.07) is 4.41. The number of ketones is 1. The fourth-order valence-corrected chi connectivity index (χ4v) is 1.77. The van der Waals surface area contributed by atoms with Crippen LogP contribution in [0.25, 0.3) is 6.08 Å². The Labute approximate surface area is 131 Å². The van der Waals surface area contributed by atoms with Crippen LogP contribution in [0.4, 0.5) is 4.39 Å². The molecule has 0 aliphatic heterocycles. The first-order valence-corrected chi connectivity index (χ1v) is 7.52. The fourth-order valence-electron chi connectivity index (χ4n) is 1.67. The first kappa shape index (κ1) is 17.7. The zero-order chi connectivity index (χ0) is 15.8. The van der Waals surface area contributed by atoms with E-state index in [1.54, 1.807) is 19.1 Å². The lowest BCUT2D eigenvalue weighted by molar-refractivity contribution is -0.114. The molecule has 1 aromatic rings. The van der Waals surface area contributed by atoms with Gasteiger partial charge < -0.3 is 10.1 Å². The second-order valence-corrected chi connectivity index (χ2v) is 5.66. The van der Waals surface area contributed by atoms with Crippen molar-refractivity contribution in [3.8, 4) is 5.75 Å². The van der Waals surface area contributed by atoms with Crippen molar-refractivity contribution in [3.63, 3.8) is 0 Å². The Bertz CT molecular complexity index is 503. The fraction of sp³-hybridized carbons (Fsp3) is 0.438. The first-order valence-electron chi connectivity index (χ1n) is 7.00. The predicted octanol–water partition coefficient (Wildman–Crippen LogP) is 3.45. The molecule has 0 saturated heterocycles. The molecule has 3 nitrogen and oxygen atoms in total. The molecule has 0 spiro atoms. The van der Waals surface area contributed by atoms with E-state index in [4.69, 9.17) is 4.74 Å². The third-order valence-corrected chi connectivity index (χ3v) is 2.92. The van der Waals surface area contributed by atoms with Crippen molar-refractivity contribution in [2.75, 3.05) is 6.54 Å². The molecule has 2 unspecified atom stereocenters. The molecule has 21 heavy (non-hydrogen) atoms. The van der Waals surface area contributed by atoms with Gasteiger partial charge in [0.2, 0.25) is 0 Å². The molecule has 5 heteroatoms. The van der Waals surface area contributed by atoms with Crippen LogP contribution in [0.3, 0.4) is 0 Å². The highest BCUT2D eigenvalue weighted by atomic mass is 32.1. The Balaban J connectivity index is 2.73. The van der Waals surface area contributed by atoms with Gasteiger partial charge in [-0.25, -0.2) is 4.39 Å². The number of ether oxygens (including phenoxy) is 1. The second kappa shape index (κ2) is 8.85. The number of nitrogens with one attached hydrogen (secondary N) is 1. The predicted molar refractivity (Wildman–Crippen MR) is 87.3 cm³/mol. The van der Waals surface area contributed by atoms with Crippen molar-refractivity contribution in [3.05, 3.63) is 35.7 Å². The third kappa shape index (κ3) is 7.29. The van der Waals surface area contributed by atoms with E-state index < -0.39 is 0 Å². The highest BCUT2D eigenvalue weighted by molar-refractivity contribution is 7.80. The Morgan fingerprint density at radius 1 is 1.43 bits per heavy atom. The van der Waals surface area contributed by atoms with Gasteiger partial charge >= 0.3 is 0 Å². The first-order chi connectivity index (χ1) is 9.90. The van der Waals surface area contributed by atoms with E-state index in [9.17, 15) is 9.18 Å². The molecule has 1 aromatic carbocycles. The average Bonchev–Trinajstić information content (AvgIpc) is 2.42. The van der Waals surface area contributed by atoms with E-state index in [1.165, 1.54) is 18.2 Å². The lowest BCUT2D eigenvalue weighted by Crippen LogP contribution is -2.32. The van der Waals surface area contributed by atoms with Crippen LogP contribution >= 0.6 is 12.6 Å². The molecule has 116 valence electrons. The third-order valence-electron chi connectivity index (χ3n) is 2.74. The molecule has 0 amide bonds. The number of benzene rings is 1. The van der Waals surface area contributed by atoms with Crippen LogP contribution in [0.1, 0.15) is 32.8 Å². The molecule has 0 aromatic heterocycles. The summed E-state index contributed by atoms with van der Waals surface area (Å²) >= 11 is 4.22. The minimum atomic E-state index is -0.390. The Morgan fingerprint density at radius 2 is 2.14 bits per heavy atom. The van der Waals surface area contributed by atoms with Crippen LogP contribution in [-0.2, 0) is 4.79 Å². The summed E-state index contributed by atoms with van der Waals surface area (Å²) in [6.45, 7) is 6.21. The number of rotatable bonds is 8. The van der Waals surface area contributed by atoms with E-state index >= 15 is 0 Å². The highest BCUT2D eigenvalue weighted by Crippen LogP contribution is 2.19. The Hall–Kier alpha value is -1.33. The summed E-state index contributed by atoms with van der Waals surface area (Å²) < 4.78 is 19.2. The molecular formula is C16H22FNO2S. The minimum Gasteiger partial charge on any atom is -0.489 e. The van der Waals surface area contributed by atoms with Crippen molar-refractivity contribution in [2.24, 2.45) is 0 Å². The van der Waals surface area contributed by atoms with Gasteiger partial charge in [-0.15, -0.1) is 0 Å². The summed E-state index contributed by atoms with van der Waals surface area (Å²) in [5.41, 5.74) is 0.606. The zero-order valence-corrected chi connectivity index (χ0v) is 13.5. The van der Waals surface area contributed by atoms with E-state index in [0.29, 0.717) is 24.3 Å². The molecule has 0 fully saturated rings. The maximum Gasteiger partial charge on any atom is 0.155 e. The standard InChI is InChI=1S/C16H22FNO2S/c1-4-15(19)6-5-13-7-14(17)9-16(8-13)20-11(2)10-18-12(3)21/h5-9,11-12,18,21H,4,10H2,1-3H3/b6-5+. The SMILES string of the molecule is CCC(=O)/C=C/c1cc(F)cc(OC(C)CNC(C)S)c1. The maximum atomic E-state index is 13.6. The van der Waals surface area contributed by atoms with E-state index in [-0.39, 0.29) is 23.1 Å².